The minimum Gasteiger partial charge on any atom is -0.466 e. The van der Waals surface area contributed by atoms with E-state index in [9.17, 15) is 9.59 Å². The first kappa shape index (κ1) is 13.6. The van der Waals surface area contributed by atoms with E-state index < -0.39 is 6.09 Å². The summed E-state index contributed by atoms with van der Waals surface area (Å²) in [6, 6.07) is -0.317. The summed E-state index contributed by atoms with van der Waals surface area (Å²) < 4.78 is 9.63. The molecule has 0 radical (unpaired) electrons. The largest absolute Gasteiger partial charge is 0.466 e. The van der Waals surface area contributed by atoms with Crippen LogP contribution in [0.2, 0.25) is 0 Å². The van der Waals surface area contributed by atoms with Gasteiger partial charge < -0.3 is 9.47 Å². The lowest BCUT2D eigenvalue weighted by atomic mass is 9.71. The average molecular weight is 265 g/mol. The third-order valence-corrected chi connectivity index (χ3v) is 3.90. The number of rotatable bonds is 2. The van der Waals surface area contributed by atoms with Gasteiger partial charge in [0.1, 0.15) is 0 Å². The van der Waals surface area contributed by atoms with E-state index in [0.29, 0.717) is 12.1 Å². The zero-order valence-corrected chi connectivity index (χ0v) is 11.5. The van der Waals surface area contributed by atoms with Crippen molar-refractivity contribution in [3.05, 3.63) is 23.8 Å². The van der Waals surface area contributed by atoms with Gasteiger partial charge in [-0.25, -0.2) is 9.59 Å². The van der Waals surface area contributed by atoms with Crippen molar-refractivity contribution < 1.29 is 19.1 Å². The van der Waals surface area contributed by atoms with Crippen LogP contribution in [-0.4, -0.2) is 43.8 Å². The van der Waals surface area contributed by atoms with E-state index in [1.165, 1.54) is 14.2 Å². The highest BCUT2D eigenvalue weighted by atomic mass is 16.5. The number of fused-ring (bicyclic) bond motifs is 2. The average Bonchev–Trinajstić information content (AvgIpc) is 2.44. The Morgan fingerprint density at radius 2 is 2.05 bits per heavy atom. The van der Waals surface area contributed by atoms with Crippen molar-refractivity contribution in [1.82, 2.24) is 4.90 Å². The number of carbonyl (C=O) groups is 2. The number of methoxy groups -OCH3 is 2. The van der Waals surface area contributed by atoms with E-state index in [-0.39, 0.29) is 23.8 Å². The first-order valence-electron chi connectivity index (χ1n) is 6.29. The second-order valence-electron chi connectivity index (χ2n) is 5.13. The fourth-order valence-corrected chi connectivity index (χ4v) is 3.05. The Morgan fingerprint density at radius 1 is 1.37 bits per heavy atom. The fraction of sp³-hybridized carbons (Fsp3) is 0.571. The standard InChI is InChI=1S/C14H19NO4/c1-8(2)10-5-9-6-11(13(16)18-3)12(10)15(7-9)14(17)19-4/h6,9-10,12H,1,5,7H2,2-4H3/t9-,10+,12+/m0/s1. The highest BCUT2D eigenvalue weighted by molar-refractivity contribution is 5.91. The van der Waals surface area contributed by atoms with Crippen LogP contribution in [0.15, 0.2) is 23.8 Å². The third-order valence-electron chi connectivity index (χ3n) is 3.90. The molecule has 1 aliphatic carbocycles. The van der Waals surface area contributed by atoms with Gasteiger partial charge in [0.15, 0.2) is 0 Å². The summed E-state index contributed by atoms with van der Waals surface area (Å²) >= 11 is 0. The normalized spacial score (nSPS) is 28.7. The second-order valence-corrected chi connectivity index (χ2v) is 5.13. The molecular weight excluding hydrogens is 246 g/mol. The molecule has 0 aromatic heterocycles. The zero-order chi connectivity index (χ0) is 14.2. The molecule has 0 unspecified atom stereocenters. The lowest BCUT2D eigenvalue weighted by Gasteiger charge is -2.48. The van der Waals surface area contributed by atoms with Gasteiger partial charge >= 0.3 is 12.1 Å². The van der Waals surface area contributed by atoms with Gasteiger partial charge in [-0.3, -0.25) is 4.90 Å². The predicted molar refractivity (Wildman–Crippen MR) is 69.4 cm³/mol. The molecule has 5 heteroatoms. The first-order valence-corrected chi connectivity index (χ1v) is 6.29. The molecule has 1 saturated heterocycles. The molecule has 5 nitrogen and oxygen atoms in total. The Kier molecular flexibility index (Phi) is 3.64. The lowest BCUT2D eigenvalue weighted by Crippen LogP contribution is -2.56. The summed E-state index contributed by atoms with van der Waals surface area (Å²) in [6.07, 6.45) is 2.43. The molecule has 0 N–H and O–H groups in total. The van der Waals surface area contributed by atoms with Crippen LogP contribution >= 0.6 is 0 Å². The molecule has 0 aromatic rings. The molecule has 3 rings (SSSR count). The maximum absolute atomic E-state index is 11.9. The molecule has 1 amide bonds. The van der Waals surface area contributed by atoms with Crippen LogP contribution in [0.5, 0.6) is 0 Å². The highest BCUT2D eigenvalue weighted by Crippen LogP contribution is 2.42. The molecule has 0 saturated carbocycles. The molecule has 1 fully saturated rings. The van der Waals surface area contributed by atoms with Crippen LogP contribution < -0.4 is 0 Å². The zero-order valence-electron chi connectivity index (χ0n) is 11.5. The molecule has 2 bridgehead atoms. The summed E-state index contributed by atoms with van der Waals surface area (Å²) in [4.78, 5) is 25.4. The van der Waals surface area contributed by atoms with Crippen LogP contribution in [0.1, 0.15) is 13.3 Å². The Hall–Kier alpha value is -1.78. The van der Waals surface area contributed by atoms with Crippen molar-refractivity contribution in [3.63, 3.8) is 0 Å². The summed E-state index contributed by atoms with van der Waals surface area (Å²) in [7, 11) is 2.70. The molecule has 104 valence electrons. The minimum absolute atomic E-state index is 0.0805. The van der Waals surface area contributed by atoms with Gasteiger partial charge in [-0.15, -0.1) is 0 Å². The molecule has 0 aromatic carbocycles. The van der Waals surface area contributed by atoms with E-state index in [1.807, 2.05) is 13.0 Å². The SMILES string of the molecule is C=C(C)[C@H]1C[C@H]2C=C(C(=O)OC)[C@@H]1N(C(=O)OC)C2. The molecule has 0 spiro atoms. The van der Waals surface area contributed by atoms with Crippen molar-refractivity contribution >= 4 is 12.1 Å². The molecular formula is C14H19NO4. The van der Waals surface area contributed by atoms with E-state index in [1.54, 1.807) is 4.90 Å². The monoisotopic (exact) mass is 265 g/mol. The Bertz CT molecular complexity index is 454. The highest BCUT2D eigenvalue weighted by Gasteiger charge is 2.47. The fourth-order valence-electron chi connectivity index (χ4n) is 3.05. The van der Waals surface area contributed by atoms with Gasteiger partial charge in [0.25, 0.3) is 0 Å². The lowest BCUT2D eigenvalue weighted by molar-refractivity contribution is -0.137. The summed E-state index contributed by atoms with van der Waals surface area (Å²) in [6.45, 7) is 6.49. The van der Waals surface area contributed by atoms with Crippen LogP contribution in [0.4, 0.5) is 4.79 Å². The topological polar surface area (TPSA) is 55.8 Å². The maximum atomic E-state index is 11.9. The minimum atomic E-state index is -0.407. The van der Waals surface area contributed by atoms with Gasteiger partial charge in [0, 0.05) is 12.5 Å². The third kappa shape index (κ3) is 2.25. The van der Waals surface area contributed by atoms with E-state index in [0.717, 1.165) is 12.0 Å². The number of nitrogens with zero attached hydrogens (tertiary/aromatic N) is 1. The van der Waals surface area contributed by atoms with Gasteiger partial charge in [-0.1, -0.05) is 18.2 Å². The molecule has 3 atom stereocenters. The van der Waals surface area contributed by atoms with Crippen LogP contribution in [-0.2, 0) is 14.3 Å². The smallest absolute Gasteiger partial charge is 0.410 e. The molecule has 19 heavy (non-hydrogen) atoms. The van der Waals surface area contributed by atoms with Gasteiger partial charge in [-0.2, -0.15) is 0 Å². The van der Waals surface area contributed by atoms with Crippen molar-refractivity contribution in [1.29, 1.82) is 0 Å². The first-order chi connectivity index (χ1) is 8.99. The Balaban J connectivity index is 2.39. The molecule has 3 aliphatic rings. The predicted octanol–water partition coefficient (Wildman–Crippen LogP) is 1.75. The molecule has 2 aliphatic heterocycles. The summed E-state index contributed by atoms with van der Waals surface area (Å²) in [5, 5.41) is 0. The number of hydrogen-bond acceptors (Lipinski definition) is 4. The number of amides is 1. The second kappa shape index (κ2) is 5.07. The van der Waals surface area contributed by atoms with Crippen molar-refractivity contribution in [2.45, 2.75) is 19.4 Å². The quantitative estimate of drug-likeness (QED) is 0.564. The maximum Gasteiger partial charge on any atom is 0.410 e. The number of carbonyl (C=O) groups excluding carboxylic acids is 2. The van der Waals surface area contributed by atoms with Crippen LogP contribution in [0.25, 0.3) is 0 Å². The Labute approximate surface area is 112 Å². The number of hydrogen-bond donors (Lipinski definition) is 0. The van der Waals surface area contributed by atoms with Crippen molar-refractivity contribution in [2.75, 3.05) is 20.8 Å². The van der Waals surface area contributed by atoms with Crippen molar-refractivity contribution in [2.24, 2.45) is 11.8 Å². The van der Waals surface area contributed by atoms with Crippen molar-refractivity contribution in [3.8, 4) is 0 Å². The Morgan fingerprint density at radius 3 is 2.58 bits per heavy atom. The van der Waals surface area contributed by atoms with Gasteiger partial charge in [0.05, 0.1) is 25.8 Å². The van der Waals surface area contributed by atoms with Crippen LogP contribution in [0, 0.1) is 11.8 Å². The number of piperidine rings is 1. The van der Waals surface area contributed by atoms with E-state index in [2.05, 4.69) is 6.58 Å². The van der Waals surface area contributed by atoms with E-state index >= 15 is 0 Å². The van der Waals surface area contributed by atoms with E-state index in [4.69, 9.17) is 9.47 Å². The van der Waals surface area contributed by atoms with Crippen LogP contribution in [0.3, 0.4) is 0 Å². The summed E-state index contributed by atoms with van der Waals surface area (Å²) in [5.74, 6) is -0.147. The summed E-state index contributed by atoms with van der Waals surface area (Å²) in [5.41, 5.74) is 1.52. The molecule has 2 heterocycles. The van der Waals surface area contributed by atoms with Gasteiger partial charge in [-0.05, 0) is 19.3 Å². The number of esters is 1. The number of ether oxygens (including phenoxy) is 2. The van der Waals surface area contributed by atoms with Gasteiger partial charge in [0.2, 0.25) is 0 Å².